The third-order valence-corrected chi connectivity index (χ3v) is 4.74. The smallest absolute Gasteiger partial charge is 0.249 e. The molecule has 1 atom stereocenters. The van der Waals surface area contributed by atoms with Crippen molar-refractivity contribution < 1.29 is 14.0 Å². The first-order valence-electron chi connectivity index (χ1n) is 8.11. The molecule has 1 aromatic rings. The number of amides is 2. The SMILES string of the molecule is CN1CCC(c2ccc(N[C@@H]3CCC(=O)NC3=O)cc2F)CC1. The third-order valence-electron chi connectivity index (χ3n) is 4.74. The fourth-order valence-corrected chi connectivity index (χ4v) is 3.30. The molecular weight excluding hydrogens is 297 g/mol. The molecule has 3 rings (SSSR count). The first kappa shape index (κ1) is 15.9. The monoisotopic (exact) mass is 319 g/mol. The Labute approximate surface area is 135 Å². The highest BCUT2D eigenvalue weighted by Gasteiger charge is 2.27. The van der Waals surface area contributed by atoms with Crippen molar-refractivity contribution in [3.63, 3.8) is 0 Å². The second-order valence-corrected chi connectivity index (χ2v) is 6.46. The van der Waals surface area contributed by atoms with Gasteiger partial charge in [-0.05, 0) is 63.0 Å². The summed E-state index contributed by atoms with van der Waals surface area (Å²) in [4.78, 5) is 25.1. The number of anilines is 1. The van der Waals surface area contributed by atoms with E-state index in [0.717, 1.165) is 31.5 Å². The van der Waals surface area contributed by atoms with Crippen molar-refractivity contribution in [1.82, 2.24) is 10.2 Å². The Bertz CT molecular complexity index is 612. The zero-order valence-corrected chi connectivity index (χ0v) is 13.3. The first-order chi connectivity index (χ1) is 11.0. The molecular formula is C17H22FN3O2. The maximum Gasteiger partial charge on any atom is 0.249 e. The molecule has 0 aromatic heterocycles. The number of imide groups is 1. The predicted molar refractivity (Wildman–Crippen MR) is 85.7 cm³/mol. The number of hydrogen-bond donors (Lipinski definition) is 2. The Hall–Kier alpha value is -1.95. The molecule has 2 saturated heterocycles. The summed E-state index contributed by atoms with van der Waals surface area (Å²) in [5.41, 5.74) is 1.33. The Kier molecular flexibility index (Phi) is 4.61. The number of piperidine rings is 2. The third kappa shape index (κ3) is 3.69. The lowest BCUT2D eigenvalue weighted by Gasteiger charge is -2.29. The van der Waals surface area contributed by atoms with Crippen molar-refractivity contribution in [2.24, 2.45) is 0 Å². The van der Waals surface area contributed by atoms with Gasteiger partial charge in [0.1, 0.15) is 11.9 Å². The zero-order chi connectivity index (χ0) is 16.4. The molecule has 0 aliphatic carbocycles. The number of halogens is 1. The Morgan fingerprint density at radius 1 is 1.22 bits per heavy atom. The number of nitrogens with zero attached hydrogens (tertiary/aromatic N) is 1. The van der Waals surface area contributed by atoms with Crippen LogP contribution in [0.3, 0.4) is 0 Å². The average molecular weight is 319 g/mol. The fraction of sp³-hybridized carbons (Fsp3) is 0.529. The molecule has 2 aliphatic heterocycles. The Balaban J connectivity index is 1.67. The van der Waals surface area contributed by atoms with Crippen LogP contribution < -0.4 is 10.6 Å². The molecule has 5 nitrogen and oxygen atoms in total. The molecule has 1 aromatic carbocycles. The summed E-state index contributed by atoms with van der Waals surface area (Å²) in [6.45, 7) is 1.97. The molecule has 2 heterocycles. The van der Waals surface area contributed by atoms with Crippen molar-refractivity contribution in [2.45, 2.75) is 37.6 Å². The van der Waals surface area contributed by atoms with Gasteiger partial charge in [0.05, 0.1) is 0 Å². The molecule has 0 unspecified atom stereocenters. The summed E-state index contributed by atoms with van der Waals surface area (Å²) >= 11 is 0. The van der Waals surface area contributed by atoms with Crippen LogP contribution in [0.1, 0.15) is 37.2 Å². The molecule has 2 N–H and O–H groups in total. The zero-order valence-electron chi connectivity index (χ0n) is 13.3. The largest absolute Gasteiger partial charge is 0.374 e. The average Bonchev–Trinajstić information content (AvgIpc) is 2.51. The minimum absolute atomic E-state index is 0.225. The van der Waals surface area contributed by atoms with Gasteiger partial charge in [0.2, 0.25) is 11.8 Å². The molecule has 2 amide bonds. The number of hydrogen-bond acceptors (Lipinski definition) is 4. The van der Waals surface area contributed by atoms with E-state index in [0.29, 0.717) is 18.5 Å². The molecule has 2 aliphatic rings. The minimum Gasteiger partial charge on any atom is -0.374 e. The van der Waals surface area contributed by atoms with E-state index < -0.39 is 6.04 Å². The van der Waals surface area contributed by atoms with Gasteiger partial charge in [-0.25, -0.2) is 4.39 Å². The summed E-state index contributed by atoms with van der Waals surface area (Å²) in [7, 11) is 2.08. The van der Waals surface area contributed by atoms with Crippen LogP contribution in [-0.4, -0.2) is 42.9 Å². The van der Waals surface area contributed by atoms with Gasteiger partial charge in [0.15, 0.2) is 0 Å². The highest BCUT2D eigenvalue weighted by molar-refractivity contribution is 6.01. The number of nitrogens with one attached hydrogen (secondary N) is 2. The van der Waals surface area contributed by atoms with E-state index in [-0.39, 0.29) is 23.5 Å². The van der Waals surface area contributed by atoms with Gasteiger partial charge < -0.3 is 10.2 Å². The highest BCUT2D eigenvalue weighted by atomic mass is 19.1. The number of benzene rings is 1. The van der Waals surface area contributed by atoms with E-state index in [1.54, 1.807) is 0 Å². The van der Waals surface area contributed by atoms with Crippen LogP contribution in [0.4, 0.5) is 10.1 Å². The van der Waals surface area contributed by atoms with Crippen molar-refractivity contribution in [2.75, 3.05) is 25.5 Å². The molecule has 124 valence electrons. The van der Waals surface area contributed by atoms with Crippen molar-refractivity contribution in [3.8, 4) is 0 Å². The van der Waals surface area contributed by atoms with E-state index in [1.807, 2.05) is 12.1 Å². The van der Waals surface area contributed by atoms with E-state index in [1.165, 1.54) is 6.07 Å². The molecule has 2 fully saturated rings. The Morgan fingerprint density at radius 3 is 2.61 bits per heavy atom. The van der Waals surface area contributed by atoms with Crippen LogP contribution in [0, 0.1) is 5.82 Å². The van der Waals surface area contributed by atoms with Crippen LogP contribution in [-0.2, 0) is 9.59 Å². The van der Waals surface area contributed by atoms with E-state index in [2.05, 4.69) is 22.6 Å². The molecule has 23 heavy (non-hydrogen) atoms. The van der Waals surface area contributed by atoms with Crippen LogP contribution in [0.2, 0.25) is 0 Å². The van der Waals surface area contributed by atoms with Crippen LogP contribution in [0.5, 0.6) is 0 Å². The lowest BCUT2D eigenvalue weighted by Crippen LogP contribution is -2.47. The Morgan fingerprint density at radius 2 is 1.96 bits per heavy atom. The van der Waals surface area contributed by atoms with Crippen LogP contribution >= 0.6 is 0 Å². The predicted octanol–water partition coefficient (Wildman–Crippen LogP) is 1.85. The lowest BCUT2D eigenvalue weighted by atomic mass is 9.89. The number of carbonyl (C=O) groups excluding carboxylic acids is 2. The second kappa shape index (κ2) is 6.66. The fourth-order valence-electron chi connectivity index (χ4n) is 3.30. The maximum atomic E-state index is 14.4. The summed E-state index contributed by atoms with van der Waals surface area (Å²) in [6.07, 6.45) is 2.67. The quantitative estimate of drug-likeness (QED) is 0.835. The van der Waals surface area contributed by atoms with Gasteiger partial charge in [-0.15, -0.1) is 0 Å². The minimum atomic E-state index is -0.485. The highest BCUT2D eigenvalue weighted by Crippen LogP contribution is 2.30. The first-order valence-corrected chi connectivity index (χ1v) is 8.11. The second-order valence-electron chi connectivity index (χ2n) is 6.46. The van der Waals surface area contributed by atoms with Crippen molar-refractivity contribution >= 4 is 17.5 Å². The van der Waals surface area contributed by atoms with Crippen molar-refractivity contribution in [3.05, 3.63) is 29.6 Å². The van der Waals surface area contributed by atoms with Gasteiger partial charge in [0.25, 0.3) is 0 Å². The van der Waals surface area contributed by atoms with Gasteiger partial charge in [-0.2, -0.15) is 0 Å². The number of likely N-dealkylation sites (tertiary alicyclic amines) is 1. The van der Waals surface area contributed by atoms with E-state index >= 15 is 0 Å². The standard InChI is InChI=1S/C17H22FN3O2/c1-21-8-6-11(7-9-21)13-3-2-12(10-14(13)18)19-15-4-5-16(22)20-17(15)23/h2-3,10-11,15,19H,4-9H2,1H3,(H,20,22,23)/t15-/m1/s1. The normalized spacial score (nSPS) is 23.7. The summed E-state index contributed by atoms with van der Waals surface area (Å²) in [5.74, 6) is -0.564. The van der Waals surface area contributed by atoms with Crippen LogP contribution in [0.25, 0.3) is 0 Å². The van der Waals surface area contributed by atoms with E-state index in [4.69, 9.17) is 0 Å². The van der Waals surface area contributed by atoms with Gasteiger partial charge >= 0.3 is 0 Å². The topological polar surface area (TPSA) is 61.4 Å². The molecule has 0 saturated carbocycles. The summed E-state index contributed by atoms with van der Waals surface area (Å²) < 4.78 is 14.4. The molecule has 0 radical (unpaired) electrons. The molecule has 0 spiro atoms. The summed E-state index contributed by atoms with van der Waals surface area (Å²) in [5, 5.41) is 5.31. The van der Waals surface area contributed by atoms with Gasteiger partial charge in [0, 0.05) is 12.1 Å². The van der Waals surface area contributed by atoms with Gasteiger partial charge in [-0.1, -0.05) is 6.07 Å². The van der Waals surface area contributed by atoms with Crippen molar-refractivity contribution in [1.29, 1.82) is 0 Å². The number of rotatable bonds is 3. The molecule has 0 bridgehead atoms. The van der Waals surface area contributed by atoms with Gasteiger partial charge in [-0.3, -0.25) is 14.9 Å². The summed E-state index contributed by atoms with van der Waals surface area (Å²) in [6, 6.07) is 4.61. The van der Waals surface area contributed by atoms with E-state index in [9.17, 15) is 14.0 Å². The molecule has 6 heteroatoms. The van der Waals surface area contributed by atoms with Crippen LogP contribution in [0.15, 0.2) is 18.2 Å². The lowest BCUT2D eigenvalue weighted by molar-refractivity contribution is -0.133. The number of carbonyl (C=O) groups is 2. The maximum absolute atomic E-state index is 14.4.